The van der Waals surface area contributed by atoms with Crippen LogP contribution in [0.25, 0.3) is 6.08 Å². The highest BCUT2D eigenvalue weighted by Gasteiger charge is 2.09. The van der Waals surface area contributed by atoms with E-state index in [-0.39, 0.29) is 5.78 Å². The molecule has 0 N–H and O–H groups in total. The summed E-state index contributed by atoms with van der Waals surface area (Å²) in [7, 11) is 1.64. The molecule has 0 radical (unpaired) electrons. The molecule has 0 amide bonds. The maximum Gasteiger partial charge on any atom is 0.195 e. The number of thiophene rings is 1. The number of benzene rings is 2. The zero-order valence-corrected chi connectivity index (χ0v) is 19.0. The van der Waals surface area contributed by atoms with Crippen molar-refractivity contribution in [1.82, 2.24) is 0 Å². The highest BCUT2D eigenvalue weighted by atomic mass is 32.1. The number of para-hydroxylation sites is 2. The van der Waals surface area contributed by atoms with Gasteiger partial charge in [0.15, 0.2) is 17.3 Å². The van der Waals surface area contributed by atoms with Crippen LogP contribution in [0.15, 0.2) is 60.7 Å². The van der Waals surface area contributed by atoms with Gasteiger partial charge in [-0.3, -0.25) is 4.79 Å². The molecule has 0 fully saturated rings. The van der Waals surface area contributed by atoms with Gasteiger partial charge in [-0.2, -0.15) is 0 Å². The van der Waals surface area contributed by atoms with Gasteiger partial charge in [0.2, 0.25) is 0 Å². The van der Waals surface area contributed by atoms with Gasteiger partial charge in [-0.1, -0.05) is 37.6 Å². The van der Waals surface area contributed by atoms with Crippen molar-refractivity contribution in [2.75, 3.05) is 13.7 Å². The molecule has 1 aromatic heterocycles. The van der Waals surface area contributed by atoms with E-state index in [2.05, 4.69) is 6.92 Å². The van der Waals surface area contributed by atoms with Gasteiger partial charge in [0.25, 0.3) is 0 Å². The van der Waals surface area contributed by atoms with Gasteiger partial charge < -0.3 is 14.2 Å². The quantitative estimate of drug-likeness (QED) is 0.251. The smallest absolute Gasteiger partial charge is 0.195 e. The second-order valence-corrected chi connectivity index (χ2v) is 8.12. The molecule has 2 aromatic carbocycles. The Balaban J connectivity index is 1.72. The number of ketones is 1. The average molecular weight is 437 g/mol. The summed E-state index contributed by atoms with van der Waals surface area (Å²) in [5.41, 5.74) is 1.81. The van der Waals surface area contributed by atoms with Crippen LogP contribution in [-0.4, -0.2) is 19.5 Å². The maximum absolute atomic E-state index is 12.5. The number of carbonyl (C=O) groups excluding carboxylic acids is 1. The molecule has 162 valence electrons. The van der Waals surface area contributed by atoms with Gasteiger partial charge in [-0.05, 0) is 61.4 Å². The van der Waals surface area contributed by atoms with E-state index in [4.69, 9.17) is 14.2 Å². The standard InChI is InChI=1S/C26H28O4S/c1-4-8-21-13-16-26(31-21)22(27)14-11-19-12-15-23(28-3)20(17-19)18-30-25-10-7-6-9-24(25)29-5-2/h6-7,9-17H,4-5,8,18H2,1-3H3/b14-11+. The molecular formula is C26H28O4S. The second-order valence-electron chi connectivity index (χ2n) is 6.95. The van der Waals surface area contributed by atoms with Gasteiger partial charge in [0, 0.05) is 10.4 Å². The monoisotopic (exact) mass is 436 g/mol. The third kappa shape index (κ3) is 6.22. The molecule has 0 saturated carbocycles. The first-order valence-electron chi connectivity index (χ1n) is 10.5. The van der Waals surface area contributed by atoms with Crippen molar-refractivity contribution in [3.8, 4) is 17.2 Å². The first-order valence-corrected chi connectivity index (χ1v) is 11.3. The summed E-state index contributed by atoms with van der Waals surface area (Å²) in [5.74, 6) is 2.15. The maximum atomic E-state index is 12.5. The van der Waals surface area contributed by atoms with E-state index in [1.165, 1.54) is 4.88 Å². The molecule has 3 rings (SSSR count). The summed E-state index contributed by atoms with van der Waals surface area (Å²) in [5, 5.41) is 0. The van der Waals surface area contributed by atoms with E-state index in [0.717, 1.165) is 34.6 Å². The Kier molecular flexibility index (Phi) is 8.30. The van der Waals surface area contributed by atoms with Crippen molar-refractivity contribution in [1.29, 1.82) is 0 Å². The van der Waals surface area contributed by atoms with E-state index in [0.29, 0.717) is 24.7 Å². The lowest BCUT2D eigenvalue weighted by Crippen LogP contribution is -2.01. The van der Waals surface area contributed by atoms with Crippen LogP contribution in [0.4, 0.5) is 0 Å². The Hall–Kier alpha value is -3.05. The molecule has 0 atom stereocenters. The number of ether oxygens (including phenoxy) is 3. The molecule has 0 aliphatic rings. The first-order chi connectivity index (χ1) is 15.1. The SMILES string of the molecule is CCCc1ccc(C(=O)/C=C/c2ccc(OC)c(COc3ccccc3OCC)c2)s1. The summed E-state index contributed by atoms with van der Waals surface area (Å²) < 4.78 is 17.1. The summed E-state index contributed by atoms with van der Waals surface area (Å²) >= 11 is 1.57. The highest BCUT2D eigenvalue weighted by Crippen LogP contribution is 2.29. The minimum atomic E-state index is 0.0200. The van der Waals surface area contributed by atoms with Crippen molar-refractivity contribution in [2.45, 2.75) is 33.3 Å². The highest BCUT2D eigenvalue weighted by molar-refractivity contribution is 7.14. The van der Waals surface area contributed by atoms with E-state index < -0.39 is 0 Å². The predicted octanol–water partition coefficient (Wildman–Crippen LogP) is 6.58. The number of methoxy groups -OCH3 is 1. The number of allylic oxidation sites excluding steroid dienone is 1. The van der Waals surface area contributed by atoms with Gasteiger partial charge in [-0.25, -0.2) is 0 Å². The van der Waals surface area contributed by atoms with Crippen molar-refractivity contribution in [3.05, 3.63) is 81.6 Å². The van der Waals surface area contributed by atoms with Crippen molar-refractivity contribution >= 4 is 23.2 Å². The van der Waals surface area contributed by atoms with Gasteiger partial charge in [-0.15, -0.1) is 11.3 Å². The van der Waals surface area contributed by atoms with Crippen LogP contribution in [0, 0.1) is 0 Å². The van der Waals surface area contributed by atoms with Gasteiger partial charge in [0.1, 0.15) is 12.4 Å². The van der Waals surface area contributed by atoms with Crippen LogP contribution in [0.2, 0.25) is 0 Å². The number of carbonyl (C=O) groups is 1. The summed E-state index contributed by atoms with van der Waals surface area (Å²) in [6.07, 6.45) is 5.54. The zero-order valence-electron chi connectivity index (χ0n) is 18.2. The minimum absolute atomic E-state index is 0.0200. The lowest BCUT2D eigenvalue weighted by Gasteiger charge is -2.14. The molecule has 4 nitrogen and oxygen atoms in total. The van der Waals surface area contributed by atoms with Crippen LogP contribution < -0.4 is 14.2 Å². The van der Waals surface area contributed by atoms with Crippen LogP contribution in [-0.2, 0) is 13.0 Å². The van der Waals surface area contributed by atoms with E-state index >= 15 is 0 Å². The number of rotatable bonds is 11. The molecule has 5 heteroatoms. The fourth-order valence-corrected chi connectivity index (χ4v) is 4.19. The molecule has 0 aliphatic carbocycles. The fourth-order valence-electron chi connectivity index (χ4n) is 3.16. The van der Waals surface area contributed by atoms with Crippen LogP contribution >= 0.6 is 11.3 Å². The van der Waals surface area contributed by atoms with E-state index in [1.807, 2.05) is 67.6 Å². The Labute approximate surface area is 188 Å². The number of aryl methyl sites for hydroxylation is 1. The number of hydrogen-bond donors (Lipinski definition) is 0. The van der Waals surface area contributed by atoms with Crippen molar-refractivity contribution < 1.29 is 19.0 Å². The molecule has 0 spiro atoms. The second kappa shape index (κ2) is 11.4. The summed E-state index contributed by atoms with van der Waals surface area (Å²) in [6.45, 7) is 4.98. The normalized spacial score (nSPS) is 10.9. The van der Waals surface area contributed by atoms with E-state index in [9.17, 15) is 4.79 Å². The Morgan fingerprint density at radius 1 is 0.968 bits per heavy atom. The molecule has 3 aromatic rings. The zero-order chi connectivity index (χ0) is 22.1. The minimum Gasteiger partial charge on any atom is -0.496 e. The van der Waals surface area contributed by atoms with Crippen molar-refractivity contribution in [3.63, 3.8) is 0 Å². The predicted molar refractivity (Wildman–Crippen MR) is 127 cm³/mol. The molecule has 0 aliphatic heterocycles. The molecule has 0 saturated heterocycles. The molecular weight excluding hydrogens is 408 g/mol. The molecule has 0 bridgehead atoms. The fraction of sp³-hybridized carbons (Fsp3) is 0.269. The largest absolute Gasteiger partial charge is 0.496 e. The Morgan fingerprint density at radius 2 is 1.74 bits per heavy atom. The number of hydrogen-bond acceptors (Lipinski definition) is 5. The third-order valence-corrected chi connectivity index (χ3v) is 5.82. The molecule has 1 heterocycles. The summed E-state index contributed by atoms with van der Waals surface area (Å²) in [6, 6.07) is 17.3. The van der Waals surface area contributed by atoms with E-state index in [1.54, 1.807) is 24.5 Å². The van der Waals surface area contributed by atoms with Gasteiger partial charge >= 0.3 is 0 Å². The average Bonchev–Trinajstić information content (AvgIpc) is 3.26. The lowest BCUT2D eigenvalue weighted by atomic mass is 10.1. The molecule has 0 unspecified atom stereocenters. The van der Waals surface area contributed by atoms with Crippen LogP contribution in [0.3, 0.4) is 0 Å². The Bertz CT molecular complexity index is 1040. The topological polar surface area (TPSA) is 44.8 Å². The van der Waals surface area contributed by atoms with Crippen LogP contribution in [0.5, 0.6) is 17.2 Å². The van der Waals surface area contributed by atoms with Crippen molar-refractivity contribution in [2.24, 2.45) is 0 Å². The Morgan fingerprint density at radius 3 is 2.45 bits per heavy atom. The lowest BCUT2D eigenvalue weighted by molar-refractivity contribution is 0.105. The third-order valence-electron chi connectivity index (χ3n) is 4.66. The van der Waals surface area contributed by atoms with Crippen LogP contribution in [0.1, 0.15) is 45.9 Å². The van der Waals surface area contributed by atoms with Gasteiger partial charge in [0.05, 0.1) is 18.6 Å². The first kappa shape index (κ1) is 22.6. The summed E-state index contributed by atoms with van der Waals surface area (Å²) in [4.78, 5) is 14.5. The molecule has 31 heavy (non-hydrogen) atoms.